The Morgan fingerprint density at radius 1 is 1.50 bits per heavy atom. The van der Waals surface area contributed by atoms with E-state index in [0.717, 1.165) is 18.0 Å². The molecule has 0 saturated heterocycles. The maximum Gasteiger partial charge on any atom is 0.0553 e. The molecule has 0 heterocycles. The average molecular weight is 211 g/mol. The molecule has 1 aromatic rings. The third kappa shape index (κ3) is 3.60. The summed E-state index contributed by atoms with van der Waals surface area (Å²) in [6, 6.07) is 8.05. The number of ether oxygens (including phenoxy) is 1. The summed E-state index contributed by atoms with van der Waals surface area (Å²) in [5.41, 5.74) is 7.84. The van der Waals surface area contributed by atoms with Gasteiger partial charge < -0.3 is 10.5 Å². The fourth-order valence-corrected chi connectivity index (χ4v) is 2.17. The van der Waals surface area contributed by atoms with Gasteiger partial charge in [0.25, 0.3) is 0 Å². The standard InChI is InChI=1S/C11H17NOS/c1-9(14-7-6-13-2)10-4-3-5-11(12)8-10/h3-5,8-9H,6-7,12H2,1-2H3. The lowest BCUT2D eigenvalue weighted by molar-refractivity contribution is 0.218. The van der Waals surface area contributed by atoms with Crippen LogP contribution in [0.5, 0.6) is 0 Å². The van der Waals surface area contributed by atoms with Gasteiger partial charge in [0.2, 0.25) is 0 Å². The first kappa shape index (κ1) is 11.4. The van der Waals surface area contributed by atoms with Crippen molar-refractivity contribution in [3.63, 3.8) is 0 Å². The summed E-state index contributed by atoms with van der Waals surface area (Å²) in [6.07, 6.45) is 0. The number of anilines is 1. The highest BCUT2D eigenvalue weighted by Gasteiger charge is 2.05. The number of nitrogen functional groups attached to an aromatic ring is 1. The van der Waals surface area contributed by atoms with Gasteiger partial charge in [-0.05, 0) is 24.6 Å². The van der Waals surface area contributed by atoms with E-state index in [4.69, 9.17) is 10.5 Å². The van der Waals surface area contributed by atoms with E-state index in [1.54, 1.807) is 7.11 Å². The zero-order valence-electron chi connectivity index (χ0n) is 8.69. The van der Waals surface area contributed by atoms with Crippen LogP contribution in [-0.2, 0) is 4.74 Å². The van der Waals surface area contributed by atoms with E-state index < -0.39 is 0 Å². The van der Waals surface area contributed by atoms with Gasteiger partial charge in [0, 0.05) is 23.8 Å². The van der Waals surface area contributed by atoms with Crippen molar-refractivity contribution in [3.8, 4) is 0 Å². The lowest BCUT2D eigenvalue weighted by atomic mass is 10.1. The van der Waals surface area contributed by atoms with Crippen molar-refractivity contribution in [2.24, 2.45) is 0 Å². The van der Waals surface area contributed by atoms with Crippen LogP contribution in [0.4, 0.5) is 5.69 Å². The molecule has 0 aliphatic rings. The second-order valence-corrected chi connectivity index (χ2v) is 4.62. The molecule has 3 heteroatoms. The third-order valence-corrected chi connectivity index (χ3v) is 3.21. The normalized spacial score (nSPS) is 12.7. The van der Waals surface area contributed by atoms with Gasteiger partial charge in [-0.1, -0.05) is 12.1 Å². The molecule has 0 spiro atoms. The Hall–Kier alpha value is -0.670. The molecule has 1 atom stereocenters. The number of nitrogens with two attached hydrogens (primary N) is 1. The Bertz CT molecular complexity index is 278. The van der Waals surface area contributed by atoms with Gasteiger partial charge in [-0.25, -0.2) is 0 Å². The van der Waals surface area contributed by atoms with Crippen molar-refractivity contribution in [2.45, 2.75) is 12.2 Å². The summed E-state index contributed by atoms with van der Waals surface area (Å²) >= 11 is 1.88. The van der Waals surface area contributed by atoms with Crippen LogP contribution in [-0.4, -0.2) is 19.5 Å². The van der Waals surface area contributed by atoms with Crippen LogP contribution in [0.15, 0.2) is 24.3 Å². The monoisotopic (exact) mass is 211 g/mol. The minimum Gasteiger partial charge on any atom is -0.399 e. The largest absolute Gasteiger partial charge is 0.399 e. The van der Waals surface area contributed by atoms with Gasteiger partial charge in [0.15, 0.2) is 0 Å². The lowest BCUT2D eigenvalue weighted by Crippen LogP contribution is -1.96. The summed E-state index contributed by atoms with van der Waals surface area (Å²) in [5.74, 6) is 1.02. The van der Waals surface area contributed by atoms with Crippen molar-refractivity contribution in [2.75, 3.05) is 25.2 Å². The Morgan fingerprint density at radius 3 is 2.93 bits per heavy atom. The van der Waals surface area contributed by atoms with Crippen LogP contribution in [0, 0.1) is 0 Å². The van der Waals surface area contributed by atoms with E-state index >= 15 is 0 Å². The van der Waals surface area contributed by atoms with Crippen LogP contribution in [0.2, 0.25) is 0 Å². The van der Waals surface area contributed by atoms with E-state index in [9.17, 15) is 0 Å². The van der Waals surface area contributed by atoms with E-state index in [2.05, 4.69) is 13.0 Å². The third-order valence-electron chi connectivity index (χ3n) is 2.04. The van der Waals surface area contributed by atoms with Gasteiger partial charge in [-0.2, -0.15) is 11.8 Å². The smallest absolute Gasteiger partial charge is 0.0553 e. The van der Waals surface area contributed by atoms with Crippen LogP contribution in [0.1, 0.15) is 17.7 Å². The van der Waals surface area contributed by atoms with Crippen LogP contribution in [0.25, 0.3) is 0 Å². The molecular formula is C11H17NOS. The van der Waals surface area contributed by atoms with Gasteiger partial charge in [-0.15, -0.1) is 0 Å². The predicted octanol–water partition coefficient (Wildman–Crippen LogP) is 2.71. The van der Waals surface area contributed by atoms with Crippen molar-refractivity contribution < 1.29 is 4.74 Å². The fraction of sp³-hybridized carbons (Fsp3) is 0.455. The van der Waals surface area contributed by atoms with Gasteiger partial charge >= 0.3 is 0 Å². The van der Waals surface area contributed by atoms with E-state index in [1.807, 2.05) is 30.0 Å². The van der Waals surface area contributed by atoms with Gasteiger partial charge in [-0.3, -0.25) is 0 Å². The molecule has 1 unspecified atom stereocenters. The second kappa shape index (κ2) is 5.94. The molecule has 0 saturated carbocycles. The van der Waals surface area contributed by atoms with Crippen LogP contribution in [0.3, 0.4) is 0 Å². The quantitative estimate of drug-likeness (QED) is 0.601. The number of rotatable bonds is 5. The molecule has 0 aromatic heterocycles. The fourth-order valence-electron chi connectivity index (χ4n) is 1.22. The Kier molecular flexibility index (Phi) is 4.84. The highest BCUT2D eigenvalue weighted by atomic mass is 32.2. The van der Waals surface area contributed by atoms with Crippen LogP contribution < -0.4 is 5.73 Å². The first-order chi connectivity index (χ1) is 6.74. The predicted molar refractivity (Wildman–Crippen MR) is 63.6 cm³/mol. The molecule has 78 valence electrons. The lowest BCUT2D eigenvalue weighted by Gasteiger charge is -2.11. The maximum absolute atomic E-state index is 5.72. The molecule has 0 fully saturated rings. The molecular weight excluding hydrogens is 194 g/mol. The van der Waals surface area contributed by atoms with Crippen molar-refractivity contribution in [1.29, 1.82) is 0 Å². The van der Waals surface area contributed by atoms with Crippen LogP contribution >= 0.6 is 11.8 Å². The second-order valence-electron chi connectivity index (χ2n) is 3.18. The Balaban J connectivity index is 2.47. The molecule has 2 N–H and O–H groups in total. The number of thioether (sulfide) groups is 1. The zero-order valence-corrected chi connectivity index (χ0v) is 9.51. The van der Waals surface area contributed by atoms with Crippen molar-refractivity contribution >= 4 is 17.4 Å². The first-order valence-electron chi connectivity index (χ1n) is 4.70. The molecule has 0 radical (unpaired) electrons. The summed E-state index contributed by atoms with van der Waals surface area (Å²) in [7, 11) is 1.73. The van der Waals surface area contributed by atoms with E-state index in [1.165, 1.54) is 5.56 Å². The minimum absolute atomic E-state index is 0.480. The SMILES string of the molecule is COCCSC(C)c1cccc(N)c1. The van der Waals surface area contributed by atoms with E-state index in [-0.39, 0.29) is 0 Å². The zero-order chi connectivity index (χ0) is 10.4. The number of methoxy groups -OCH3 is 1. The Morgan fingerprint density at radius 2 is 2.29 bits per heavy atom. The topological polar surface area (TPSA) is 35.2 Å². The summed E-state index contributed by atoms with van der Waals surface area (Å²) < 4.78 is 5.01. The summed E-state index contributed by atoms with van der Waals surface area (Å²) in [5, 5.41) is 0.480. The van der Waals surface area contributed by atoms with Gasteiger partial charge in [0.05, 0.1) is 6.61 Å². The Labute approximate surface area is 89.8 Å². The average Bonchev–Trinajstić information content (AvgIpc) is 2.18. The maximum atomic E-state index is 5.72. The molecule has 1 rings (SSSR count). The first-order valence-corrected chi connectivity index (χ1v) is 5.75. The van der Waals surface area contributed by atoms with Gasteiger partial charge in [0.1, 0.15) is 0 Å². The van der Waals surface area contributed by atoms with Crippen molar-refractivity contribution in [1.82, 2.24) is 0 Å². The number of hydrogen-bond donors (Lipinski definition) is 1. The van der Waals surface area contributed by atoms with E-state index in [0.29, 0.717) is 5.25 Å². The molecule has 2 nitrogen and oxygen atoms in total. The molecule has 0 aliphatic heterocycles. The summed E-state index contributed by atoms with van der Waals surface area (Å²) in [6.45, 7) is 2.99. The number of benzene rings is 1. The summed E-state index contributed by atoms with van der Waals surface area (Å²) in [4.78, 5) is 0. The minimum atomic E-state index is 0.480. The highest BCUT2D eigenvalue weighted by molar-refractivity contribution is 7.99. The molecule has 1 aromatic carbocycles. The van der Waals surface area contributed by atoms with Crippen molar-refractivity contribution in [3.05, 3.63) is 29.8 Å². The molecule has 0 bridgehead atoms. The number of hydrogen-bond acceptors (Lipinski definition) is 3. The highest BCUT2D eigenvalue weighted by Crippen LogP contribution is 2.28. The molecule has 14 heavy (non-hydrogen) atoms. The molecule has 0 amide bonds. The molecule has 0 aliphatic carbocycles.